The van der Waals surface area contributed by atoms with E-state index < -0.39 is 5.97 Å². The molecule has 0 bridgehead atoms. The van der Waals surface area contributed by atoms with Crippen molar-refractivity contribution in [3.05, 3.63) is 29.6 Å². The second-order valence-electron chi connectivity index (χ2n) is 4.05. The molecule has 0 saturated heterocycles. The van der Waals surface area contributed by atoms with Crippen LogP contribution in [-0.2, 0) is 8.48 Å². The lowest BCUT2D eigenvalue weighted by Gasteiger charge is -2.18. The van der Waals surface area contributed by atoms with Gasteiger partial charge in [-0.05, 0) is 17.0 Å². The first kappa shape index (κ1) is 11.4. The van der Waals surface area contributed by atoms with Gasteiger partial charge in [0.15, 0.2) is 23.0 Å². The van der Waals surface area contributed by atoms with Crippen molar-refractivity contribution in [1.29, 1.82) is 0 Å². The number of carbonyl (C=O) groups excluding carboxylic acids is 1. The van der Waals surface area contributed by atoms with Gasteiger partial charge >= 0.3 is 5.97 Å². The number of rotatable bonds is 1. The molecule has 0 aliphatic rings. The summed E-state index contributed by atoms with van der Waals surface area (Å²) in [5, 5.41) is 0. The molecule has 0 spiro atoms. The monoisotopic (exact) mass is 305 g/mol. The third-order valence-electron chi connectivity index (χ3n) is 1.91. The van der Waals surface area contributed by atoms with Crippen LogP contribution in [0.1, 0.15) is 36.8 Å². The Balaban J connectivity index is 2.95. The summed E-state index contributed by atoms with van der Waals surface area (Å²) in [6.45, 7) is 6.29. The van der Waals surface area contributed by atoms with Gasteiger partial charge in [0.05, 0.1) is 0 Å². The van der Waals surface area contributed by atoms with Crippen LogP contribution in [0.2, 0.25) is 0 Å². The highest BCUT2D eigenvalue weighted by Crippen LogP contribution is 2.21. The highest BCUT2D eigenvalue weighted by Gasteiger charge is 2.15. The van der Waals surface area contributed by atoms with Crippen LogP contribution in [0, 0.1) is 0 Å². The quantitative estimate of drug-likeness (QED) is 0.749. The number of hydrogen-bond donors (Lipinski definition) is 0. The van der Waals surface area contributed by atoms with Crippen molar-refractivity contribution in [1.82, 2.24) is 4.98 Å². The van der Waals surface area contributed by atoms with Crippen LogP contribution in [0.4, 0.5) is 0 Å². The number of aromatic nitrogens is 1. The normalized spacial score (nSPS) is 11.1. The van der Waals surface area contributed by atoms with E-state index in [0.717, 1.165) is 5.56 Å². The Morgan fingerprint density at radius 3 is 2.43 bits per heavy atom. The summed E-state index contributed by atoms with van der Waals surface area (Å²) in [5.74, 6) is -0.411. The Morgan fingerprint density at radius 1 is 1.43 bits per heavy atom. The van der Waals surface area contributed by atoms with Crippen molar-refractivity contribution in [2.75, 3.05) is 0 Å². The van der Waals surface area contributed by atoms with Gasteiger partial charge in [-0.25, -0.2) is 9.78 Å². The molecular formula is C10H12INO2. The molecule has 1 heterocycles. The Morgan fingerprint density at radius 2 is 2.07 bits per heavy atom. The van der Waals surface area contributed by atoms with Gasteiger partial charge in [0, 0.05) is 6.20 Å². The van der Waals surface area contributed by atoms with E-state index in [4.69, 9.17) is 0 Å². The molecule has 4 heteroatoms. The van der Waals surface area contributed by atoms with Gasteiger partial charge in [-0.15, -0.1) is 0 Å². The molecule has 76 valence electrons. The predicted octanol–water partition coefficient (Wildman–Crippen LogP) is 2.89. The molecule has 14 heavy (non-hydrogen) atoms. The van der Waals surface area contributed by atoms with E-state index in [1.807, 2.05) is 6.07 Å². The number of halogens is 1. The lowest BCUT2D eigenvalue weighted by atomic mass is 9.88. The minimum atomic E-state index is -0.411. The molecule has 1 aromatic rings. The van der Waals surface area contributed by atoms with E-state index in [-0.39, 0.29) is 5.41 Å². The molecule has 3 nitrogen and oxygen atoms in total. The Kier molecular flexibility index (Phi) is 3.47. The van der Waals surface area contributed by atoms with Gasteiger partial charge in [0.1, 0.15) is 5.69 Å². The van der Waals surface area contributed by atoms with E-state index in [9.17, 15) is 4.79 Å². The smallest absolute Gasteiger partial charge is 0.366 e. The molecular weight excluding hydrogens is 293 g/mol. The lowest BCUT2D eigenvalue weighted by molar-refractivity contribution is 0.0794. The van der Waals surface area contributed by atoms with Crippen molar-refractivity contribution in [2.24, 2.45) is 0 Å². The van der Waals surface area contributed by atoms with Crippen LogP contribution in [0.15, 0.2) is 18.3 Å². The average molecular weight is 305 g/mol. The minimum Gasteiger partial charge on any atom is -0.390 e. The fraction of sp³-hybridized carbons (Fsp3) is 0.400. The molecule has 0 aliphatic carbocycles. The Bertz CT molecular complexity index is 327. The average Bonchev–Trinajstić information content (AvgIpc) is 2.15. The van der Waals surface area contributed by atoms with Crippen LogP contribution >= 0.6 is 23.0 Å². The zero-order valence-electron chi connectivity index (χ0n) is 8.37. The molecule has 0 saturated carbocycles. The molecule has 0 atom stereocenters. The van der Waals surface area contributed by atoms with E-state index in [1.165, 1.54) is 0 Å². The van der Waals surface area contributed by atoms with Crippen molar-refractivity contribution in [3.8, 4) is 0 Å². The summed E-state index contributed by atoms with van der Waals surface area (Å²) < 4.78 is 4.53. The second-order valence-corrected chi connectivity index (χ2v) is 4.49. The van der Waals surface area contributed by atoms with Gasteiger partial charge in [0.25, 0.3) is 0 Å². The predicted molar refractivity (Wildman–Crippen MR) is 62.4 cm³/mol. The van der Waals surface area contributed by atoms with Gasteiger partial charge < -0.3 is 3.07 Å². The minimum absolute atomic E-state index is 0.0553. The van der Waals surface area contributed by atoms with Crippen LogP contribution in [0.5, 0.6) is 0 Å². The Hall–Kier alpha value is -0.650. The number of hydrogen-bond acceptors (Lipinski definition) is 3. The first-order valence-electron chi connectivity index (χ1n) is 4.24. The summed E-state index contributed by atoms with van der Waals surface area (Å²) in [5.41, 5.74) is 1.50. The number of carbonyl (C=O) groups is 1. The van der Waals surface area contributed by atoms with Crippen LogP contribution in [0.25, 0.3) is 0 Å². The molecule has 1 aromatic heterocycles. The molecule has 0 fully saturated rings. The molecule has 0 N–H and O–H groups in total. The second kappa shape index (κ2) is 4.25. The summed E-state index contributed by atoms with van der Waals surface area (Å²) in [7, 11) is 0. The van der Waals surface area contributed by atoms with Crippen LogP contribution in [0.3, 0.4) is 0 Å². The molecule has 0 amide bonds. The molecule has 0 aromatic carbocycles. The van der Waals surface area contributed by atoms with Gasteiger partial charge in [-0.2, -0.15) is 0 Å². The maximum Gasteiger partial charge on any atom is 0.366 e. The van der Waals surface area contributed by atoms with Gasteiger partial charge in [0.2, 0.25) is 0 Å². The van der Waals surface area contributed by atoms with E-state index >= 15 is 0 Å². The highest BCUT2D eigenvalue weighted by molar-refractivity contribution is 14.1. The summed E-state index contributed by atoms with van der Waals surface area (Å²) >= 11 is 1.55. The summed E-state index contributed by atoms with van der Waals surface area (Å²) in [6.07, 6.45) is 1.71. The maximum atomic E-state index is 11.1. The van der Waals surface area contributed by atoms with Crippen LogP contribution < -0.4 is 0 Å². The zero-order valence-corrected chi connectivity index (χ0v) is 10.5. The number of pyridine rings is 1. The standard InChI is InChI=1S/C10H12INO2/c1-10(2,3)7-4-5-8(12-6-7)9(13)14-11/h4-6H,1-3H3. The fourth-order valence-electron chi connectivity index (χ4n) is 0.998. The Labute approximate surface area is 97.6 Å². The SMILES string of the molecule is CC(C)(C)c1ccc(C(=O)OI)nc1. The van der Waals surface area contributed by atoms with E-state index in [0.29, 0.717) is 5.69 Å². The first-order chi connectivity index (χ1) is 6.45. The van der Waals surface area contributed by atoms with Gasteiger partial charge in [-0.1, -0.05) is 26.8 Å². The third kappa shape index (κ3) is 2.67. The molecule has 0 unspecified atom stereocenters. The molecule has 1 rings (SSSR count). The van der Waals surface area contributed by atoms with Crippen molar-refractivity contribution >= 4 is 29.0 Å². The van der Waals surface area contributed by atoms with Crippen LogP contribution in [-0.4, -0.2) is 11.0 Å². The zero-order chi connectivity index (χ0) is 10.8. The van der Waals surface area contributed by atoms with Crippen molar-refractivity contribution in [2.45, 2.75) is 26.2 Å². The summed E-state index contributed by atoms with van der Waals surface area (Å²) in [6, 6.07) is 3.58. The largest absolute Gasteiger partial charge is 0.390 e. The van der Waals surface area contributed by atoms with Crippen molar-refractivity contribution < 1.29 is 7.86 Å². The first-order valence-corrected chi connectivity index (χ1v) is 5.12. The highest BCUT2D eigenvalue weighted by atomic mass is 127. The molecule has 0 radical (unpaired) electrons. The van der Waals surface area contributed by atoms with E-state index in [1.54, 1.807) is 35.3 Å². The van der Waals surface area contributed by atoms with E-state index in [2.05, 4.69) is 28.8 Å². The lowest BCUT2D eigenvalue weighted by Crippen LogP contribution is -2.12. The topological polar surface area (TPSA) is 39.2 Å². The summed E-state index contributed by atoms with van der Waals surface area (Å²) in [4.78, 5) is 15.1. The van der Waals surface area contributed by atoms with Crippen molar-refractivity contribution in [3.63, 3.8) is 0 Å². The fourth-order valence-corrected chi connectivity index (χ4v) is 1.22. The third-order valence-corrected chi connectivity index (χ3v) is 2.31. The molecule has 0 aliphatic heterocycles. The van der Waals surface area contributed by atoms with Gasteiger partial charge in [-0.3, -0.25) is 0 Å². The number of nitrogens with zero attached hydrogens (tertiary/aromatic N) is 1. The maximum absolute atomic E-state index is 11.1.